The Morgan fingerprint density at radius 2 is 2.24 bits per heavy atom. The number of aromatic nitrogens is 3. The van der Waals surface area contributed by atoms with Crippen LogP contribution in [-0.4, -0.2) is 27.4 Å². The largest absolute Gasteiger partial charge is 0.497 e. The van der Waals surface area contributed by atoms with Crippen LogP contribution in [0.5, 0.6) is 5.75 Å². The summed E-state index contributed by atoms with van der Waals surface area (Å²) in [6, 6.07) is 10.7. The zero-order valence-electron chi connectivity index (χ0n) is 11.6. The lowest BCUT2D eigenvalue weighted by molar-refractivity contribution is 0.0994. The summed E-state index contributed by atoms with van der Waals surface area (Å²) in [5.74, 6) is 0.278. The SMILES string of the molecule is COc1ccc2c(ccn2CCn2c[c]c(C(N)=O)n2)c1. The van der Waals surface area contributed by atoms with Gasteiger partial charge in [-0.3, -0.25) is 9.48 Å². The smallest absolute Gasteiger partial charge is 0.269 e. The van der Waals surface area contributed by atoms with E-state index in [2.05, 4.69) is 15.7 Å². The summed E-state index contributed by atoms with van der Waals surface area (Å²) in [5.41, 5.74) is 6.45. The van der Waals surface area contributed by atoms with E-state index in [1.807, 2.05) is 30.5 Å². The predicted molar refractivity (Wildman–Crippen MR) is 78.1 cm³/mol. The molecule has 1 aromatic carbocycles. The number of fused-ring (bicyclic) bond motifs is 1. The van der Waals surface area contributed by atoms with Gasteiger partial charge < -0.3 is 15.0 Å². The molecule has 0 bridgehead atoms. The second-order valence-corrected chi connectivity index (χ2v) is 4.68. The summed E-state index contributed by atoms with van der Waals surface area (Å²) in [4.78, 5) is 11.0. The van der Waals surface area contributed by atoms with Gasteiger partial charge in [-0.1, -0.05) is 0 Å². The Bertz CT molecular complexity index is 788. The van der Waals surface area contributed by atoms with Gasteiger partial charge in [-0.25, -0.2) is 0 Å². The molecular formula is C15H15N4O2. The highest BCUT2D eigenvalue weighted by Crippen LogP contribution is 2.21. The first-order valence-corrected chi connectivity index (χ1v) is 6.55. The van der Waals surface area contributed by atoms with Crippen LogP contribution < -0.4 is 10.5 Å². The van der Waals surface area contributed by atoms with Gasteiger partial charge in [-0.05, 0) is 24.3 Å². The number of amides is 1. The number of carbonyl (C=O) groups excluding carboxylic acids is 1. The molecule has 2 heterocycles. The number of hydrogen-bond acceptors (Lipinski definition) is 3. The first-order chi connectivity index (χ1) is 10.2. The Balaban J connectivity index is 1.77. The van der Waals surface area contributed by atoms with E-state index in [1.165, 1.54) is 0 Å². The molecule has 0 saturated carbocycles. The molecule has 0 unspecified atom stereocenters. The van der Waals surface area contributed by atoms with Crippen LogP contribution in [-0.2, 0) is 13.1 Å². The van der Waals surface area contributed by atoms with Crippen molar-refractivity contribution >= 4 is 16.8 Å². The maximum atomic E-state index is 11.0. The molecule has 2 aromatic heterocycles. The van der Waals surface area contributed by atoms with Gasteiger partial charge in [0.05, 0.1) is 13.7 Å². The fraction of sp³-hybridized carbons (Fsp3) is 0.200. The lowest BCUT2D eigenvalue weighted by Crippen LogP contribution is -2.13. The zero-order valence-corrected chi connectivity index (χ0v) is 11.6. The molecule has 107 valence electrons. The molecule has 0 aliphatic carbocycles. The molecule has 1 amide bonds. The molecule has 21 heavy (non-hydrogen) atoms. The van der Waals surface area contributed by atoms with Gasteiger partial charge >= 0.3 is 0 Å². The van der Waals surface area contributed by atoms with Crippen LogP contribution in [0.1, 0.15) is 10.5 Å². The fourth-order valence-electron chi connectivity index (χ4n) is 2.27. The highest BCUT2D eigenvalue weighted by molar-refractivity contribution is 5.90. The van der Waals surface area contributed by atoms with E-state index < -0.39 is 5.91 Å². The third-order valence-electron chi connectivity index (χ3n) is 3.36. The van der Waals surface area contributed by atoms with Gasteiger partial charge in [0.25, 0.3) is 5.91 Å². The number of nitrogens with zero attached hydrogens (tertiary/aromatic N) is 3. The topological polar surface area (TPSA) is 75.1 Å². The minimum Gasteiger partial charge on any atom is -0.497 e. The maximum Gasteiger partial charge on any atom is 0.269 e. The van der Waals surface area contributed by atoms with Gasteiger partial charge in [0.1, 0.15) is 5.75 Å². The second-order valence-electron chi connectivity index (χ2n) is 4.68. The van der Waals surface area contributed by atoms with Crippen LogP contribution in [0.3, 0.4) is 0 Å². The van der Waals surface area contributed by atoms with Crippen molar-refractivity contribution in [2.75, 3.05) is 7.11 Å². The van der Waals surface area contributed by atoms with E-state index in [1.54, 1.807) is 18.0 Å². The summed E-state index contributed by atoms with van der Waals surface area (Å²) in [6.45, 7) is 1.38. The number of methoxy groups -OCH3 is 1. The third kappa shape index (κ3) is 2.60. The first kappa shape index (κ1) is 13.2. The summed E-state index contributed by atoms with van der Waals surface area (Å²) in [7, 11) is 1.66. The van der Waals surface area contributed by atoms with E-state index in [0.29, 0.717) is 6.54 Å². The molecular weight excluding hydrogens is 268 g/mol. The molecule has 0 aliphatic rings. The Hall–Kier alpha value is -2.76. The van der Waals surface area contributed by atoms with Crippen molar-refractivity contribution in [3.05, 3.63) is 48.4 Å². The highest BCUT2D eigenvalue weighted by Gasteiger charge is 2.06. The molecule has 3 rings (SSSR count). The highest BCUT2D eigenvalue weighted by atomic mass is 16.5. The number of primary amides is 1. The molecule has 0 fully saturated rings. The molecule has 0 spiro atoms. The number of nitrogens with two attached hydrogens (primary N) is 1. The summed E-state index contributed by atoms with van der Waals surface area (Å²) >= 11 is 0. The Morgan fingerprint density at radius 1 is 1.38 bits per heavy atom. The summed E-state index contributed by atoms with van der Waals surface area (Å²) < 4.78 is 9.00. The zero-order chi connectivity index (χ0) is 14.8. The Morgan fingerprint density at radius 3 is 2.95 bits per heavy atom. The van der Waals surface area contributed by atoms with Crippen molar-refractivity contribution < 1.29 is 9.53 Å². The summed E-state index contributed by atoms with van der Waals surface area (Å²) in [5, 5.41) is 5.19. The minimum atomic E-state index is -0.563. The maximum absolute atomic E-state index is 11.0. The normalized spacial score (nSPS) is 10.9. The Labute approximate surface area is 121 Å². The van der Waals surface area contributed by atoms with Crippen molar-refractivity contribution in [2.24, 2.45) is 5.73 Å². The van der Waals surface area contributed by atoms with Crippen LogP contribution in [0.25, 0.3) is 10.9 Å². The van der Waals surface area contributed by atoms with Crippen LogP contribution in [0.4, 0.5) is 0 Å². The Kier molecular flexibility index (Phi) is 3.35. The van der Waals surface area contributed by atoms with E-state index in [-0.39, 0.29) is 5.69 Å². The average molecular weight is 283 g/mol. The standard InChI is InChI=1S/C15H15N4O2/c1-21-12-2-3-14-11(10-12)4-6-18(14)8-9-19-7-5-13(17-19)15(16)20/h2-4,6-7,10H,8-9H2,1H3,(H2,16,20). The van der Waals surface area contributed by atoms with Gasteiger partial charge in [-0.2, -0.15) is 5.10 Å². The monoisotopic (exact) mass is 283 g/mol. The van der Waals surface area contributed by atoms with E-state index in [9.17, 15) is 4.79 Å². The summed E-state index contributed by atoms with van der Waals surface area (Å²) in [6.07, 6.45) is 3.65. The van der Waals surface area contributed by atoms with Gasteiger partial charge in [0.15, 0.2) is 5.69 Å². The molecule has 3 aromatic rings. The molecule has 2 N–H and O–H groups in total. The van der Waals surface area contributed by atoms with Crippen LogP contribution >= 0.6 is 0 Å². The van der Waals surface area contributed by atoms with Gasteiger partial charge in [0.2, 0.25) is 0 Å². The third-order valence-corrected chi connectivity index (χ3v) is 3.36. The van der Waals surface area contributed by atoms with Crippen molar-refractivity contribution in [3.63, 3.8) is 0 Å². The van der Waals surface area contributed by atoms with Gasteiger partial charge in [-0.15, -0.1) is 0 Å². The second kappa shape index (κ2) is 5.32. The molecule has 1 radical (unpaired) electrons. The van der Waals surface area contributed by atoms with Crippen molar-refractivity contribution in [3.8, 4) is 5.75 Å². The van der Waals surface area contributed by atoms with Crippen LogP contribution in [0, 0.1) is 6.07 Å². The lowest BCUT2D eigenvalue weighted by atomic mass is 10.2. The molecule has 6 heteroatoms. The van der Waals surface area contributed by atoms with E-state index in [4.69, 9.17) is 10.5 Å². The van der Waals surface area contributed by atoms with Crippen molar-refractivity contribution in [1.82, 2.24) is 14.3 Å². The number of ether oxygens (including phenoxy) is 1. The number of aryl methyl sites for hydroxylation is 2. The van der Waals surface area contributed by atoms with Crippen LogP contribution in [0.15, 0.2) is 36.7 Å². The van der Waals surface area contributed by atoms with Gasteiger partial charge in [0, 0.05) is 35.9 Å². The first-order valence-electron chi connectivity index (χ1n) is 6.55. The number of rotatable bonds is 5. The number of carbonyl (C=O) groups is 1. The van der Waals surface area contributed by atoms with Crippen molar-refractivity contribution in [2.45, 2.75) is 13.1 Å². The number of benzene rings is 1. The fourth-order valence-corrected chi connectivity index (χ4v) is 2.27. The predicted octanol–water partition coefficient (Wildman–Crippen LogP) is 1.45. The average Bonchev–Trinajstić information content (AvgIpc) is 3.11. The molecule has 6 nitrogen and oxygen atoms in total. The van der Waals surface area contributed by atoms with Crippen LogP contribution in [0.2, 0.25) is 0 Å². The molecule has 0 atom stereocenters. The lowest BCUT2D eigenvalue weighted by Gasteiger charge is -2.06. The minimum absolute atomic E-state index is 0.164. The van der Waals surface area contributed by atoms with Crippen molar-refractivity contribution in [1.29, 1.82) is 0 Å². The molecule has 0 saturated heterocycles. The number of hydrogen-bond donors (Lipinski definition) is 1. The van der Waals surface area contributed by atoms with E-state index >= 15 is 0 Å². The quantitative estimate of drug-likeness (QED) is 0.770. The van der Waals surface area contributed by atoms with E-state index in [0.717, 1.165) is 23.2 Å². The molecule has 0 aliphatic heterocycles.